The molecule has 294 valence electrons. The van der Waals surface area contributed by atoms with Crippen LogP contribution < -0.4 is 26.5 Å². The van der Waals surface area contributed by atoms with Gasteiger partial charge in [0.15, 0.2) is 0 Å². The first-order valence-corrected chi connectivity index (χ1v) is 23.2. The Bertz CT molecular complexity index is 1810. The zero-order valence-electron chi connectivity index (χ0n) is 28.0. The van der Waals surface area contributed by atoms with Gasteiger partial charge in [0.25, 0.3) is 0 Å². The molecule has 0 fully saturated rings. The number of halogens is 6. The third kappa shape index (κ3) is 15.9. The Labute approximate surface area is 328 Å². The Balaban J connectivity index is 0.000000498. The fraction of sp³-hybridized carbons (Fsp3) is 0.167. The summed E-state index contributed by atoms with van der Waals surface area (Å²) in [4.78, 5) is 0. The van der Waals surface area contributed by atoms with Gasteiger partial charge in [0.2, 0.25) is 0 Å². The summed E-state index contributed by atoms with van der Waals surface area (Å²) in [6.45, 7) is 0. The summed E-state index contributed by atoms with van der Waals surface area (Å²) in [5.74, 6) is 0. The van der Waals surface area contributed by atoms with Gasteiger partial charge < -0.3 is 0 Å². The Hall–Kier alpha value is -2.55. The Morgan fingerprint density at radius 1 is 0.389 bits per heavy atom. The number of alkyl halides is 6. The fourth-order valence-corrected chi connectivity index (χ4v) is 13.3. The number of hydrogen-bond acceptors (Lipinski definition) is 4. The standard InChI is InChI=1S/C34H33P3.2CHF3O3S.Pd/c1-6-16-30(17-7-1)35(26-28-36(31-18-8-2-9-19-31)32-20-10-3-11-21-32)27-29-37(33-22-12-4-13-23-33)34-24-14-5-15-25-34;2*2-1(3,4)8(5,6)7;/h1-25H,26-29H2;2*(H,5,6,7);. The van der Waals surface area contributed by atoms with E-state index in [4.69, 9.17) is 25.9 Å². The molecule has 0 spiro atoms. The smallest absolute Gasteiger partial charge is 0.279 e. The predicted molar refractivity (Wildman–Crippen MR) is 206 cm³/mol. The first-order valence-electron chi connectivity index (χ1n) is 15.5. The summed E-state index contributed by atoms with van der Waals surface area (Å²) >= 11 is 0. The van der Waals surface area contributed by atoms with Crippen molar-refractivity contribution in [3.8, 4) is 0 Å². The molecule has 0 bridgehead atoms. The van der Waals surface area contributed by atoms with E-state index in [1.54, 1.807) is 5.30 Å². The third-order valence-electron chi connectivity index (χ3n) is 7.16. The molecule has 0 aromatic heterocycles. The quantitative estimate of drug-likeness (QED) is 0.0460. The molecule has 6 nitrogen and oxygen atoms in total. The minimum atomic E-state index is -5.84. The molecule has 54 heavy (non-hydrogen) atoms. The van der Waals surface area contributed by atoms with Crippen molar-refractivity contribution < 1.29 is 72.7 Å². The van der Waals surface area contributed by atoms with Crippen LogP contribution in [-0.2, 0) is 40.7 Å². The molecular formula is C36H35F6O6P3PdS2. The van der Waals surface area contributed by atoms with Gasteiger partial charge in [-0.3, -0.25) is 9.11 Å². The van der Waals surface area contributed by atoms with Crippen molar-refractivity contribution in [3.63, 3.8) is 0 Å². The molecule has 0 saturated heterocycles. The molecule has 0 atom stereocenters. The van der Waals surface area contributed by atoms with E-state index in [2.05, 4.69) is 152 Å². The normalized spacial score (nSPS) is 11.9. The average molecular weight is 941 g/mol. The van der Waals surface area contributed by atoms with E-state index in [0.29, 0.717) is 0 Å². The van der Waals surface area contributed by atoms with Crippen LogP contribution >= 0.6 is 23.8 Å². The van der Waals surface area contributed by atoms with Gasteiger partial charge in [-0.15, -0.1) is 0 Å². The number of benzene rings is 5. The molecule has 0 amide bonds. The first kappa shape index (κ1) is 47.6. The van der Waals surface area contributed by atoms with E-state index in [1.165, 1.54) is 45.9 Å². The van der Waals surface area contributed by atoms with Gasteiger partial charge in [-0.1, -0.05) is 160 Å². The van der Waals surface area contributed by atoms with Crippen LogP contribution in [0.3, 0.4) is 0 Å². The Morgan fingerprint density at radius 3 is 0.759 bits per heavy atom. The molecule has 0 saturated carbocycles. The van der Waals surface area contributed by atoms with Crippen LogP contribution in [0.2, 0.25) is 0 Å². The van der Waals surface area contributed by atoms with E-state index < -0.39 is 31.3 Å². The van der Waals surface area contributed by atoms with E-state index >= 15 is 0 Å². The fourth-order valence-electron chi connectivity index (χ4n) is 4.70. The minimum Gasteiger partial charge on any atom is -0.279 e. The van der Waals surface area contributed by atoms with Gasteiger partial charge in [-0.05, 0) is 67.0 Å². The van der Waals surface area contributed by atoms with Crippen LogP contribution in [0.5, 0.6) is 0 Å². The van der Waals surface area contributed by atoms with Gasteiger partial charge >= 0.3 is 31.3 Å². The molecule has 0 aliphatic rings. The molecule has 5 aromatic rings. The molecule has 0 unspecified atom stereocenters. The van der Waals surface area contributed by atoms with E-state index in [1.807, 2.05) is 0 Å². The molecular weight excluding hydrogens is 906 g/mol. The predicted octanol–water partition coefficient (Wildman–Crippen LogP) is 7.85. The monoisotopic (exact) mass is 940 g/mol. The maximum atomic E-state index is 10.7. The zero-order valence-corrected chi connectivity index (χ0v) is 33.9. The van der Waals surface area contributed by atoms with Gasteiger partial charge in [-0.25, -0.2) is 0 Å². The van der Waals surface area contributed by atoms with Crippen LogP contribution in [0, 0.1) is 0 Å². The second-order valence-corrected chi connectivity index (χ2v) is 20.8. The minimum absolute atomic E-state index is 0. The van der Waals surface area contributed by atoms with Gasteiger partial charge in [0.05, 0.1) is 0 Å². The Kier molecular flexibility index (Phi) is 19.6. The van der Waals surface area contributed by atoms with Gasteiger partial charge in [0.1, 0.15) is 0 Å². The summed E-state index contributed by atoms with van der Waals surface area (Å²) in [7, 11) is -12.7. The average Bonchev–Trinajstić information content (AvgIpc) is 3.12. The molecule has 5 aromatic carbocycles. The van der Waals surface area contributed by atoms with Crippen molar-refractivity contribution in [2.24, 2.45) is 0 Å². The largest absolute Gasteiger partial charge is 0.522 e. The van der Waals surface area contributed by atoms with Gasteiger partial charge in [0, 0.05) is 20.4 Å². The molecule has 2 N–H and O–H groups in total. The van der Waals surface area contributed by atoms with Crippen molar-refractivity contribution in [3.05, 3.63) is 152 Å². The van der Waals surface area contributed by atoms with E-state index in [0.717, 1.165) is 0 Å². The summed E-state index contributed by atoms with van der Waals surface area (Å²) < 4.78 is 115. The third-order valence-corrected chi connectivity index (χ3v) is 16.6. The van der Waals surface area contributed by atoms with E-state index in [9.17, 15) is 26.3 Å². The zero-order chi connectivity index (χ0) is 39.1. The van der Waals surface area contributed by atoms with Gasteiger partial charge in [-0.2, -0.15) is 43.2 Å². The molecule has 0 aliphatic heterocycles. The van der Waals surface area contributed by atoms with Crippen LogP contribution in [0.1, 0.15) is 0 Å². The number of hydrogen-bond donors (Lipinski definition) is 2. The SMILES string of the molecule is O=S(=O)(O)C(F)(F)F.O=S(=O)(O)C(F)(F)F.[Pd].c1ccc(P(CCP(c2ccccc2)c2ccccc2)CCP(c2ccccc2)c2ccccc2)cc1. The second-order valence-electron chi connectivity index (χ2n) is 10.8. The van der Waals surface area contributed by atoms with Crippen LogP contribution in [-0.4, -0.2) is 61.6 Å². The summed E-state index contributed by atoms with van der Waals surface area (Å²) in [6.07, 6.45) is 5.00. The summed E-state index contributed by atoms with van der Waals surface area (Å²) in [5, 5.41) is 7.50. The van der Waals surface area contributed by atoms with Crippen LogP contribution in [0.4, 0.5) is 26.3 Å². The molecule has 0 radical (unpaired) electrons. The first-order chi connectivity index (χ1) is 24.9. The van der Waals surface area contributed by atoms with E-state index in [-0.39, 0.29) is 44.2 Å². The van der Waals surface area contributed by atoms with Crippen molar-refractivity contribution in [1.82, 2.24) is 0 Å². The second kappa shape index (κ2) is 22.3. The maximum Gasteiger partial charge on any atom is 0.522 e. The topological polar surface area (TPSA) is 109 Å². The summed E-state index contributed by atoms with van der Waals surface area (Å²) in [6, 6.07) is 56.0. The van der Waals surface area contributed by atoms with Crippen molar-refractivity contribution in [2.45, 2.75) is 11.0 Å². The molecule has 0 heterocycles. The van der Waals surface area contributed by atoms with Crippen molar-refractivity contribution in [1.29, 1.82) is 0 Å². The van der Waals surface area contributed by atoms with Crippen LogP contribution in [0.25, 0.3) is 0 Å². The maximum absolute atomic E-state index is 10.7. The summed E-state index contributed by atoms with van der Waals surface area (Å²) in [5.41, 5.74) is -11.1. The van der Waals surface area contributed by atoms with Crippen molar-refractivity contribution >= 4 is 70.5 Å². The number of rotatable bonds is 11. The molecule has 0 aliphatic carbocycles. The Morgan fingerprint density at radius 2 is 0.574 bits per heavy atom. The molecule has 5 rings (SSSR count). The molecule has 18 heteroatoms. The van der Waals surface area contributed by atoms with Crippen LogP contribution in [0.15, 0.2) is 152 Å². The van der Waals surface area contributed by atoms with Crippen molar-refractivity contribution in [2.75, 3.05) is 24.6 Å².